The molecule has 134 valence electrons. The number of aromatic nitrogens is 1. The number of aliphatic hydroxyl groups excluding tert-OH is 1. The highest BCUT2D eigenvalue weighted by Gasteiger charge is 2.30. The number of nitrogens with zero attached hydrogens (tertiary/aromatic N) is 1. The van der Waals surface area contributed by atoms with E-state index in [4.69, 9.17) is 0 Å². The van der Waals surface area contributed by atoms with E-state index in [0.29, 0.717) is 11.5 Å². The minimum atomic E-state index is -4.44. The Bertz CT molecular complexity index is 726. The van der Waals surface area contributed by atoms with Crippen LogP contribution in [0.15, 0.2) is 42.6 Å². The average Bonchev–Trinajstić information content (AvgIpc) is 2.56. The number of carbonyl (C=O) groups is 1. The monoisotopic (exact) mass is 353 g/mol. The van der Waals surface area contributed by atoms with Crippen molar-refractivity contribution in [2.24, 2.45) is 0 Å². The van der Waals surface area contributed by atoms with E-state index in [-0.39, 0.29) is 12.2 Å². The predicted octanol–water partition coefficient (Wildman–Crippen LogP) is 3.54. The van der Waals surface area contributed by atoms with Gasteiger partial charge < -0.3 is 15.7 Å². The molecule has 5 nitrogen and oxygen atoms in total. The molecule has 1 aromatic carbocycles. The first-order valence-corrected chi connectivity index (χ1v) is 7.44. The van der Waals surface area contributed by atoms with Gasteiger partial charge >= 0.3 is 6.18 Å². The van der Waals surface area contributed by atoms with Gasteiger partial charge in [0.2, 0.25) is 0 Å². The Labute approximate surface area is 142 Å². The molecule has 0 aliphatic rings. The van der Waals surface area contributed by atoms with Crippen molar-refractivity contribution in [3.8, 4) is 0 Å². The minimum Gasteiger partial charge on any atom is -0.394 e. The number of hydrogen-bond donors (Lipinski definition) is 3. The van der Waals surface area contributed by atoms with Crippen LogP contribution in [0.25, 0.3) is 0 Å². The summed E-state index contributed by atoms with van der Waals surface area (Å²) in [6.45, 7) is 3.52. The van der Waals surface area contributed by atoms with Crippen LogP contribution in [0.2, 0.25) is 0 Å². The molecule has 0 aliphatic heterocycles. The molecule has 0 saturated heterocycles. The molecule has 0 aliphatic carbocycles. The SMILES string of the molecule is CC(C)(CO)Nc1ccc(NC(=O)c2ccc(C(F)(F)F)cc2)cn1. The lowest BCUT2D eigenvalue weighted by Crippen LogP contribution is -2.35. The van der Waals surface area contributed by atoms with Crippen LogP contribution in [0.5, 0.6) is 0 Å². The number of pyridine rings is 1. The molecule has 0 bridgehead atoms. The second kappa shape index (κ2) is 7.10. The quantitative estimate of drug-likeness (QED) is 0.769. The molecule has 1 heterocycles. The molecule has 2 aromatic rings. The zero-order valence-corrected chi connectivity index (χ0v) is 13.7. The summed E-state index contributed by atoms with van der Waals surface area (Å²) >= 11 is 0. The maximum Gasteiger partial charge on any atom is 0.416 e. The minimum absolute atomic E-state index is 0.0823. The van der Waals surface area contributed by atoms with E-state index in [1.54, 1.807) is 26.0 Å². The summed E-state index contributed by atoms with van der Waals surface area (Å²) in [5, 5.41) is 14.8. The normalized spacial score (nSPS) is 11.9. The van der Waals surface area contributed by atoms with Crippen LogP contribution >= 0.6 is 0 Å². The topological polar surface area (TPSA) is 74.2 Å². The first-order valence-electron chi connectivity index (χ1n) is 7.44. The molecule has 1 amide bonds. The summed E-state index contributed by atoms with van der Waals surface area (Å²) in [5.41, 5.74) is -0.848. The fourth-order valence-corrected chi connectivity index (χ4v) is 1.94. The van der Waals surface area contributed by atoms with E-state index in [1.807, 2.05) is 0 Å². The van der Waals surface area contributed by atoms with Gasteiger partial charge in [-0.1, -0.05) is 0 Å². The molecule has 8 heteroatoms. The fourth-order valence-electron chi connectivity index (χ4n) is 1.94. The highest BCUT2D eigenvalue weighted by molar-refractivity contribution is 6.04. The number of aliphatic hydroxyl groups is 1. The Morgan fingerprint density at radius 1 is 1.12 bits per heavy atom. The molecule has 0 atom stereocenters. The van der Waals surface area contributed by atoms with E-state index in [9.17, 15) is 23.1 Å². The predicted molar refractivity (Wildman–Crippen MR) is 88.4 cm³/mol. The Hall–Kier alpha value is -2.61. The average molecular weight is 353 g/mol. The lowest BCUT2D eigenvalue weighted by molar-refractivity contribution is -0.137. The van der Waals surface area contributed by atoms with Gasteiger partial charge in [0.05, 0.1) is 29.6 Å². The number of hydrogen-bond acceptors (Lipinski definition) is 4. The third kappa shape index (κ3) is 5.18. The van der Waals surface area contributed by atoms with E-state index in [0.717, 1.165) is 24.3 Å². The van der Waals surface area contributed by atoms with Gasteiger partial charge in [-0.05, 0) is 50.2 Å². The summed E-state index contributed by atoms with van der Waals surface area (Å²) in [5.74, 6) is -0.0153. The molecule has 3 N–H and O–H groups in total. The third-order valence-corrected chi connectivity index (χ3v) is 3.36. The number of benzene rings is 1. The maximum absolute atomic E-state index is 12.5. The highest BCUT2D eigenvalue weighted by atomic mass is 19.4. The smallest absolute Gasteiger partial charge is 0.394 e. The lowest BCUT2D eigenvalue weighted by atomic mass is 10.1. The van der Waals surface area contributed by atoms with Gasteiger partial charge in [-0.2, -0.15) is 13.2 Å². The molecular formula is C17H18F3N3O2. The molecular weight excluding hydrogens is 335 g/mol. The number of anilines is 2. The standard InChI is InChI=1S/C17H18F3N3O2/c1-16(2,10-24)23-14-8-7-13(9-21-14)22-15(25)11-3-5-12(6-4-11)17(18,19)20/h3-9,24H,10H2,1-2H3,(H,21,23)(H,22,25). The van der Waals surface area contributed by atoms with E-state index >= 15 is 0 Å². The molecule has 0 spiro atoms. The van der Waals surface area contributed by atoms with Gasteiger partial charge in [0.25, 0.3) is 5.91 Å². The third-order valence-electron chi connectivity index (χ3n) is 3.36. The van der Waals surface area contributed by atoms with Crippen LogP contribution in [0.4, 0.5) is 24.7 Å². The molecule has 0 unspecified atom stereocenters. The van der Waals surface area contributed by atoms with Gasteiger partial charge in [0.1, 0.15) is 5.82 Å². The zero-order valence-electron chi connectivity index (χ0n) is 13.7. The number of amides is 1. The number of alkyl halides is 3. The lowest BCUT2D eigenvalue weighted by Gasteiger charge is -2.24. The Balaban J connectivity index is 2.03. The van der Waals surface area contributed by atoms with Crippen molar-refractivity contribution in [2.75, 3.05) is 17.2 Å². The second-order valence-electron chi connectivity index (χ2n) is 6.13. The van der Waals surface area contributed by atoms with Gasteiger partial charge in [-0.15, -0.1) is 0 Å². The summed E-state index contributed by atoms with van der Waals surface area (Å²) in [6, 6.07) is 7.18. The van der Waals surface area contributed by atoms with Gasteiger partial charge in [-0.25, -0.2) is 4.98 Å². The van der Waals surface area contributed by atoms with Crippen LogP contribution in [0.3, 0.4) is 0 Å². The first-order chi connectivity index (χ1) is 11.6. The van der Waals surface area contributed by atoms with Crippen LogP contribution in [0.1, 0.15) is 29.8 Å². The van der Waals surface area contributed by atoms with Crippen molar-refractivity contribution in [3.63, 3.8) is 0 Å². The summed E-state index contributed by atoms with van der Waals surface area (Å²) in [6.07, 6.45) is -3.03. The van der Waals surface area contributed by atoms with Crippen LogP contribution in [-0.4, -0.2) is 28.1 Å². The number of rotatable bonds is 5. The molecule has 1 aromatic heterocycles. The van der Waals surface area contributed by atoms with Gasteiger partial charge in [0.15, 0.2) is 0 Å². The number of nitrogens with one attached hydrogen (secondary N) is 2. The molecule has 2 rings (SSSR count). The van der Waals surface area contributed by atoms with Crippen molar-refractivity contribution in [1.82, 2.24) is 4.98 Å². The summed E-state index contributed by atoms with van der Waals surface area (Å²) in [4.78, 5) is 16.2. The van der Waals surface area contributed by atoms with Crippen LogP contribution in [-0.2, 0) is 6.18 Å². The first kappa shape index (κ1) is 18.7. The highest BCUT2D eigenvalue weighted by Crippen LogP contribution is 2.29. The maximum atomic E-state index is 12.5. The van der Waals surface area contributed by atoms with E-state index in [1.165, 1.54) is 6.20 Å². The molecule has 0 radical (unpaired) electrons. The fraction of sp³-hybridized carbons (Fsp3) is 0.294. The van der Waals surface area contributed by atoms with Crippen LogP contribution in [0, 0.1) is 0 Å². The Morgan fingerprint density at radius 3 is 2.24 bits per heavy atom. The number of carbonyl (C=O) groups excluding carboxylic acids is 1. The Kier molecular flexibility index (Phi) is 5.32. The van der Waals surface area contributed by atoms with Gasteiger partial charge in [0, 0.05) is 5.56 Å². The zero-order chi connectivity index (χ0) is 18.7. The number of halogens is 3. The molecule has 0 fully saturated rings. The molecule has 25 heavy (non-hydrogen) atoms. The van der Waals surface area contributed by atoms with Gasteiger partial charge in [-0.3, -0.25) is 4.79 Å². The van der Waals surface area contributed by atoms with Crippen molar-refractivity contribution in [1.29, 1.82) is 0 Å². The van der Waals surface area contributed by atoms with Crippen molar-refractivity contribution in [2.45, 2.75) is 25.6 Å². The largest absolute Gasteiger partial charge is 0.416 e. The summed E-state index contributed by atoms with van der Waals surface area (Å²) in [7, 11) is 0. The summed E-state index contributed by atoms with van der Waals surface area (Å²) < 4.78 is 37.6. The second-order valence-corrected chi connectivity index (χ2v) is 6.13. The van der Waals surface area contributed by atoms with Crippen molar-refractivity contribution in [3.05, 3.63) is 53.7 Å². The Morgan fingerprint density at radius 2 is 1.76 bits per heavy atom. The van der Waals surface area contributed by atoms with Crippen molar-refractivity contribution < 1.29 is 23.1 Å². The van der Waals surface area contributed by atoms with Crippen LogP contribution < -0.4 is 10.6 Å². The van der Waals surface area contributed by atoms with E-state index in [2.05, 4.69) is 15.6 Å². The van der Waals surface area contributed by atoms with E-state index < -0.39 is 23.2 Å². The van der Waals surface area contributed by atoms with Crippen molar-refractivity contribution >= 4 is 17.4 Å². The molecule has 0 saturated carbocycles.